The number of hydrogen-bond donors (Lipinski definition) is 0. The number of thiazole rings is 1. The number of likely N-dealkylation sites (tertiary alicyclic amines) is 1. The van der Waals surface area contributed by atoms with Gasteiger partial charge in [-0.2, -0.15) is 0 Å². The zero-order valence-electron chi connectivity index (χ0n) is 9.65. The third-order valence-electron chi connectivity index (χ3n) is 2.80. The molecular weight excluding hydrogens is 352 g/mol. The molecule has 2 heterocycles. The standard InChI is InChI=1S/C11H18N2S.2BrH/c1-10-12-11(9-14-10)5-8-13-6-3-2-4-7-13;;/h9H,2-8H2,1H3;2*1H. The van der Waals surface area contributed by atoms with Gasteiger partial charge in [-0.05, 0) is 32.9 Å². The van der Waals surface area contributed by atoms with E-state index in [2.05, 4.69) is 22.2 Å². The molecule has 1 saturated heterocycles. The average molecular weight is 372 g/mol. The van der Waals surface area contributed by atoms with Gasteiger partial charge < -0.3 is 4.90 Å². The predicted octanol–water partition coefficient (Wildman–Crippen LogP) is 3.64. The molecule has 0 N–H and O–H groups in total. The van der Waals surface area contributed by atoms with Crippen molar-refractivity contribution in [3.8, 4) is 0 Å². The molecule has 0 amide bonds. The Bertz CT molecular complexity index is 285. The summed E-state index contributed by atoms with van der Waals surface area (Å²) in [4.78, 5) is 7.05. The SMILES string of the molecule is Br.Br.Cc1nc(CCN2CCCCC2)cs1. The second-order valence-corrected chi connectivity index (χ2v) is 5.07. The Morgan fingerprint density at radius 2 is 1.94 bits per heavy atom. The van der Waals surface area contributed by atoms with Crippen LogP contribution < -0.4 is 0 Å². The lowest BCUT2D eigenvalue weighted by atomic mass is 10.1. The number of nitrogens with zero attached hydrogens (tertiary/aromatic N) is 2. The largest absolute Gasteiger partial charge is 0.303 e. The van der Waals surface area contributed by atoms with E-state index >= 15 is 0 Å². The van der Waals surface area contributed by atoms with Crippen molar-refractivity contribution >= 4 is 45.3 Å². The number of aromatic nitrogens is 1. The number of piperidine rings is 1. The molecule has 1 aromatic heterocycles. The van der Waals surface area contributed by atoms with Crippen molar-refractivity contribution in [2.45, 2.75) is 32.6 Å². The first-order valence-electron chi connectivity index (χ1n) is 5.48. The number of hydrogen-bond acceptors (Lipinski definition) is 3. The maximum atomic E-state index is 4.49. The van der Waals surface area contributed by atoms with E-state index in [0.29, 0.717) is 0 Å². The minimum Gasteiger partial charge on any atom is -0.303 e. The highest BCUT2D eigenvalue weighted by Crippen LogP contribution is 2.12. The summed E-state index contributed by atoms with van der Waals surface area (Å²) in [6.07, 6.45) is 5.32. The van der Waals surface area contributed by atoms with E-state index in [1.807, 2.05) is 0 Å². The average Bonchev–Trinajstić information content (AvgIpc) is 2.63. The third kappa shape index (κ3) is 5.25. The molecule has 1 aliphatic heterocycles. The second kappa shape index (κ2) is 8.61. The highest BCUT2D eigenvalue weighted by Gasteiger charge is 2.10. The van der Waals surface area contributed by atoms with E-state index in [-0.39, 0.29) is 34.0 Å². The molecule has 1 aromatic rings. The highest BCUT2D eigenvalue weighted by molar-refractivity contribution is 8.93. The molecule has 0 radical (unpaired) electrons. The maximum absolute atomic E-state index is 4.49. The molecule has 0 aliphatic carbocycles. The van der Waals surface area contributed by atoms with Crippen molar-refractivity contribution in [1.29, 1.82) is 0 Å². The molecule has 0 spiro atoms. The Morgan fingerprint density at radius 3 is 2.50 bits per heavy atom. The molecule has 0 unspecified atom stereocenters. The van der Waals surface area contributed by atoms with Gasteiger partial charge in [-0.3, -0.25) is 0 Å². The van der Waals surface area contributed by atoms with Crippen LogP contribution in [0.2, 0.25) is 0 Å². The van der Waals surface area contributed by atoms with Crippen LogP contribution in [-0.4, -0.2) is 29.5 Å². The number of rotatable bonds is 3. The third-order valence-corrected chi connectivity index (χ3v) is 3.62. The summed E-state index contributed by atoms with van der Waals surface area (Å²) < 4.78 is 0. The van der Waals surface area contributed by atoms with Gasteiger partial charge in [0.25, 0.3) is 0 Å². The van der Waals surface area contributed by atoms with Gasteiger partial charge in [0.15, 0.2) is 0 Å². The van der Waals surface area contributed by atoms with E-state index in [1.54, 1.807) is 11.3 Å². The minimum absolute atomic E-state index is 0. The molecule has 0 saturated carbocycles. The summed E-state index contributed by atoms with van der Waals surface area (Å²) in [6.45, 7) is 5.87. The lowest BCUT2D eigenvalue weighted by Crippen LogP contribution is -2.31. The normalized spacial score (nSPS) is 16.3. The number of aryl methyl sites for hydroxylation is 1. The van der Waals surface area contributed by atoms with Crippen LogP contribution in [0.5, 0.6) is 0 Å². The van der Waals surface area contributed by atoms with Gasteiger partial charge in [-0.1, -0.05) is 6.42 Å². The first kappa shape index (κ1) is 16.6. The molecule has 2 nitrogen and oxygen atoms in total. The fraction of sp³-hybridized carbons (Fsp3) is 0.727. The van der Waals surface area contributed by atoms with E-state index in [4.69, 9.17) is 0 Å². The maximum Gasteiger partial charge on any atom is 0.0897 e. The summed E-state index contributed by atoms with van der Waals surface area (Å²) in [5.41, 5.74) is 1.28. The molecule has 2 rings (SSSR count). The van der Waals surface area contributed by atoms with E-state index in [0.717, 1.165) is 6.42 Å². The molecule has 5 heteroatoms. The van der Waals surface area contributed by atoms with Gasteiger partial charge in [0.05, 0.1) is 10.7 Å². The quantitative estimate of drug-likeness (QED) is 0.806. The summed E-state index contributed by atoms with van der Waals surface area (Å²) in [5, 5.41) is 3.39. The van der Waals surface area contributed by atoms with Gasteiger partial charge in [0.1, 0.15) is 0 Å². The minimum atomic E-state index is 0. The van der Waals surface area contributed by atoms with Crippen LogP contribution in [0.25, 0.3) is 0 Å². The molecule has 1 aliphatic rings. The van der Waals surface area contributed by atoms with Crippen LogP contribution in [0.1, 0.15) is 30.0 Å². The molecule has 1 fully saturated rings. The van der Waals surface area contributed by atoms with Crippen molar-refractivity contribution in [2.24, 2.45) is 0 Å². The Kier molecular flexibility index (Phi) is 8.91. The highest BCUT2D eigenvalue weighted by atomic mass is 79.9. The van der Waals surface area contributed by atoms with Crippen LogP contribution in [0, 0.1) is 6.92 Å². The van der Waals surface area contributed by atoms with Crippen molar-refractivity contribution < 1.29 is 0 Å². The Morgan fingerprint density at radius 1 is 1.25 bits per heavy atom. The zero-order valence-corrected chi connectivity index (χ0v) is 13.9. The second-order valence-electron chi connectivity index (χ2n) is 4.01. The summed E-state index contributed by atoms with van der Waals surface area (Å²) >= 11 is 1.76. The molecule has 0 atom stereocenters. The molecule has 0 aromatic carbocycles. The Labute approximate surface area is 123 Å². The first-order chi connectivity index (χ1) is 6.84. The topological polar surface area (TPSA) is 16.1 Å². The van der Waals surface area contributed by atoms with Crippen molar-refractivity contribution in [3.63, 3.8) is 0 Å². The molecule has 16 heavy (non-hydrogen) atoms. The summed E-state index contributed by atoms with van der Waals surface area (Å²) in [5.74, 6) is 0. The predicted molar refractivity (Wildman–Crippen MR) is 81.5 cm³/mol. The van der Waals surface area contributed by atoms with Crippen LogP contribution >= 0.6 is 45.3 Å². The van der Waals surface area contributed by atoms with Gasteiger partial charge >= 0.3 is 0 Å². The van der Waals surface area contributed by atoms with Gasteiger partial charge in [0, 0.05) is 18.3 Å². The Balaban J connectivity index is 0.00000112. The molecular formula is C11H20Br2N2S. The fourth-order valence-corrected chi connectivity index (χ4v) is 2.63. The first-order valence-corrected chi connectivity index (χ1v) is 6.36. The van der Waals surface area contributed by atoms with Crippen molar-refractivity contribution in [3.05, 3.63) is 16.1 Å². The van der Waals surface area contributed by atoms with Crippen LogP contribution in [0.3, 0.4) is 0 Å². The van der Waals surface area contributed by atoms with Gasteiger partial charge in [-0.25, -0.2) is 4.98 Å². The lowest BCUT2D eigenvalue weighted by Gasteiger charge is -2.25. The van der Waals surface area contributed by atoms with Crippen molar-refractivity contribution in [1.82, 2.24) is 9.88 Å². The lowest BCUT2D eigenvalue weighted by molar-refractivity contribution is 0.231. The zero-order chi connectivity index (χ0) is 9.80. The molecule has 0 bridgehead atoms. The van der Waals surface area contributed by atoms with E-state index < -0.39 is 0 Å². The van der Waals surface area contributed by atoms with Crippen molar-refractivity contribution in [2.75, 3.05) is 19.6 Å². The smallest absolute Gasteiger partial charge is 0.0897 e. The summed E-state index contributed by atoms with van der Waals surface area (Å²) in [7, 11) is 0. The van der Waals surface area contributed by atoms with Gasteiger partial charge in [-0.15, -0.1) is 45.3 Å². The number of halogens is 2. The molecule has 94 valence electrons. The fourth-order valence-electron chi connectivity index (χ4n) is 1.98. The van der Waals surface area contributed by atoms with Crippen LogP contribution in [0.4, 0.5) is 0 Å². The van der Waals surface area contributed by atoms with Crippen LogP contribution in [0.15, 0.2) is 5.38 Å². The monoisotopic (exact) mass is 370 g/mol. The van der Waals surface area contributed by atoms with Gasteiger partial charge in [0.2, 0.25) is 0 Å². The van der Waals surface area contributed by atoms with E-state index in [9.17, 15) is 0 Å². The van der Waals surface area contributed by atoms with Crippen LogP contribution in [-0.2, 0) is 6.42 Å². The summed E-state index contributed by atoms with van der Waals surface area (Å²) in [6, 6.07) is 0. The Hall–Kier alpha value is 0.550. The van der Waals surface area contributed by atoms with E-state index in [1.165, 1.54) is 49.6 Å².